The maximum atomic E-state index is 13.0. The van der Waals surface area contributed by atoms with Crippen molar-refractivity contribution in [3.63, 3.8) is 0 Å². The molecular formula is C25H29F3N4O4. The van der Waals surface area contributed by atoms with Crippen LogP contribution in [0.15, 0.2) is 39.7 Å². The molecular weight excluding hydrogens is 477 g/mol. The highest BCUT2D eigenvalue weighted by molar-refractivity contribution is 5.80. The number of benzene rings is 1. The highest BCUT2D eigenvalue weighted by Gasteiger charge is 2.48. The SMILES string of the molecule is Cc1cc(OC(F)(F)F)ccc1COC(=O)N1CCC2(CC1)CN(C(=O)C1CCC3=C(C1)N=NC3)C2. The second-order valence-corrected chi connectivity index (χ2v) is 10.3. The van der Waals surface area contributed by atoms with Crippen LogP contribution >= 0.6 is 0 Å². The number of carbonyl (C=O) groups excluding carboxylic acids is 2. The van der Waals surface area contributed by atoms with Gasteiger partial charge in [-0.05, 0) is 61.4 Å². The zero-order valence-corrected chi connectivity index (χ0v) is 20.1. The van der Waals surface area contributed by atoms with E-state index in [1.807, 2.05) is 4.90 Å². The number of rotatable bonds is 4. The fourth-order valence-corrected chi connectivity index (χ4v) is 5.59. The summed E-state index contributed by atoms with van der Waals surface area (Å²) in [5, 5.41) is 8.28. The van der Waals surface area contributed by atoms with Crippen LogP contribution < -0.4 is 4.74 Å². The lowest BCUT2D eigenvalue weighted by Crippen LogP contribution is -2.63. The van der Waals surface area contributed by atoms with E-state index in [0.717, 1.165) is 44.5 Å². The van der Waals surface area contributed by atoms with Gasteiger partial charge in [-0.3, -0.25) is 4.79 Å². The van der Waals surface area contributed by atoms with Gasteiger partial charge in [-0.25, -0.2) is 4.79 Å². The molecule has 0 radical (unpaired) electrons. The summed E-state index contributed by atoms with van der Waals surface area (Å²) in [5.41, 5.74) is 3.50. The Morgan fingerprint density at radius 1 is 1.17 bits per heavy atom. The van der Waals surface area contributed by atoms with Gasteiger partial charge in [-0.1, -0.05) is 6.07 Å². The van der Waals surface area contributed by atoms with E-state index in [9.17, 15) is 22.8 Å². The highest BCUT2D eigenvalue weighted by Crippen LogP contribution is 2.43. The number of alkyl halides is 3. The first-order chi connectivity index (χ1) is 17.1. The molecule has 5 rings (SSSR count). The van der Waals surface area contributed by atoms with E-state index < -0.39 is 12.5 Å². The van der Waals surface area contributed by atoms with Gasteiger partial charge in [0.05, 0.1) is 12.2 Å². The van der Waals surface area contributed by atoms with Crippen molar-refractivity contribution in [2.45, 2.75) is 52.0 Å². The monoisotopic (exact) mass is 506 g/mol. The molecule has 1 aliphatic carbocycles. The van der Waals surface area contributed by atoms with Crippen LogP contribution in [0.2, 0.25) is 0 Å². The molecule has 2 amide bonds. The molecule has 0 N–H and O–H groups in total. The Hall–Kier alpha value is -3.11. The van der Waals surface area contributed by atoms with Crippen molar-refractivity contribution < 1.29 is 32.2 Å². The maximum Gasteiger partial charge on any atom is 0.573 e. The summed E-state index contributed by atoms with van der Waals surface area (Å²) in [6.07, 6.45) is -1.12. The Morgan fingerprint density at radius 3 is 2.61 bits per heavy atom. The topological polar surface area (TPSA) is 83.8 Å². The van der Waals surface area contributed by atoms with Gasteiger partial charge >= 0.3 is 12.5 Å². The Balaban J connectivity index is 1.06. The van der Waals surface area contributed by atoms with Gasteiger partial charge in [0.2, 0.25) is 5.91 Å². The number of carbonyl (C=O) groups is 2. The second kappa shape index (κ2) is 9.40. The summed E-state index contributed by atoms with van der Waals surface area (Å²) in [6.45, 7) is 4.86. The van der Waals surface area contributed by atoms with E-state index in [-0.39, 0.29) is 29.6 Å². The predicted molar refractivity (Wildman–Crippen MR) is 122 cm³/mol. The number of piperidine rings is 1. The van der Waals surface area contributed by atoms with Crippen molar-refractivity contribution in [2.24, 2.45) is 21.6 Å². The molecule has 36 heavy (non-hydrogen) atoms. The van der Waals surface area contributed by atoms with Gasteiger partial charge in [-0.15, -0.1) is 13.2 Å². The molecule has 1 atom stereocenters. The molecule has 1 aromatic rings. The summed E-state index contributed by atoms with van der Waals surface area (Å²) in [7, 11) is 0. The molecule has 1 spiro atoms. The molecule has 1 unspecified atom stereocenters. The molecule has 194 valence electrons. The molecule has 11 heteroatoms. The fraction of sp³-hybridized carbons (Fsp3) is 0.600. The zero-order chi connectivity index (χ0) is 25.5. The van der Waals surface area contributed by atoms with E-state index in [4.69, 9.17) is 4.74 Å². The fourth-order valence-electron chi connectivity index (χ4n) is 5.59. The third-order valence-corrected chi connectivity index (χ3v) is 7.79. The molecule has 2 saturated heterocycles. The number of halogens is 3. The van der Waals surface area contributed by atoms with Crippen molar-refractivity contribution in [1.82, 2.24) is 9.80 Å². The third-order valence-electron chi connectivity index (χ3n) is 7.79. The molecule has 0 aromatic heterocycles. The minimum Gasteiger partial charge on any atom is -0.445 e. The van der Waals surface area contributed by atoms with E-state index in [2.05, 4.69) is 15.0 Å². The number of nitrogens with zero attached hydrogens (tertiary/aromatic N) is 4. The van der Waals surface area contributed by atoms with E-state index in [1.54, 1.807) is 11.8 Å². The maximum absolute atomic E-state index is 13.0. The molecule has 3 aliphatic heterocycles. The van der Waals surface area contributed by atoms with Gasteiger partial charge in [0.1, 0.15) is 12.4 Å². The Morgan fingerprint density at radius 2 is 1.92 bits per heavy atom. The average molecular weight is 507 g/mol. The molecule has 8 nitrogen and oxygen atoms in total. The first kappa shape index (κ1) is 24.6. The predicted octanol–water partition coefficient (Wildman–Crippen LogP) is 4.97. The number of aryl methyl sites for hydroxylation is 1. The molecule has 4 aliphatic rings. The number of allylic oxidation sites excluding steroid dienone is 1. The van der Waals surface area contributed by atoms with Crippen molar-refractivity contribution in [1.29, 1.82) is 0 Å². The summed E-state index contributed by atoms with van der Waals surface area (Å²) >= 11 is 0. The molecule has 0 bridgehead atoms. The van der Waals surface area contributed by atoms with Crippen molar-refractivity contribution in [3.8, 4) is 5.75 Å². The van der Waals surface area contributed by atoms with Crippen LogP contribution in [-0.2, 0) is 16.1 Å². The van der Waals surface area contributed by atoms with E-state index in [1.165, 1.54) is 23.8 Å². The number of hydrogen-bond acceptors (Lipinski definition) is 6. The van der Waals surface area contributed by atoms with E-state index in [0.29, 0.717) is 37.2 Å². The van der Waals surface area contributed by atoms with Crippen LogP contribution in [-0.4, -0.2) is 60.9 Å². The number of amides is 2. The molecule has 1 aromatic carbocycles. The van der Waals surface area contributed by atoms with Crippen molar-refractivity contribution >= 4 is 12.0 Å². The quantitative estimate of drug-likeness (QED) is 0.577. The number of likely N-dealkylation sites (tertiary alicyclic amines) is 2. The largest absolute Gasteiger partial charge is 0.573 e. The lowest BCUT2D eigenvalue weighted by molar-refractivity contribution is -0.274. The Labute approximate surface area is 207 Å². The number of ether oxygens (including phenoxy) is 2. The van der Waals surface area contributed by atoms with Gasteiger partial charge in [0.15, 0.2) is 0 Å². The first-order valence-electron chi connectivity index (χ1n) is 12.2. The molecule has 3 heterocycles. The van der Waals surface area contributed by atoms with Gasteiger partial charge < -0.3 is 19.3 Å². The average Bonchev–Trinajstić information content (AvgIpc) is 3.28. The van der Waals surface area contributed by atoms with Crippen LogP contribution in [0.3, 0.4) is 0 Å². The normalized spacial score (nSPS) is 22.9. The van der Waals surface area contributed by atoms with Crippen molar-refractivity contribution in [2.75, 3.05) is 32.7 Å². The van der Waals surface area contributed by atoms with E-state index >= 15 is 0 Å². The third kappa shape index (κ3) is 5.19. The molecule has 0 saturated carbocycles. The number of azo groups is 1. The van der Waals surface area contributed by atoms with Crippen LogP contribution in [0.5, 0.6) is 5.75 Å². The van der Waals surface area contributed by atoms with Gasteiger partial charge in [0.25, 0.3) is 0 Å². The van der Waals surface area contributed by atoms with Crippen LogP contribution in [0.4, 0.5) is 18.0 Å². The second-order valence-electron chi connectivity index (χ2n) is 10.3. The standard InChI is InChI=1S/C25H29F3N4O4/c1-16-10-20(36-25(26,27)28)5-4-19(16)13-35-23(34)31-8-6-24(7-9-31)14-32(15-24)22(33)17-2-3-18-12-29-30-21(18)11-17/h4-5,10,17H,2-3,6-9,11-15H2,1H3. The number of hydrogen-bond donors (Lipinski definition) is 0. The minimum atomic E-state index is -4.75. The van der Waals surface area contributed by atoms with Crippen LogP contribution in [0, 0.1) is 18.3 Å². The minimum absolute atomic E-state index is 0.00855. The lowest BCUT2D eigenvalue weighted by Gasteiger charge is -2.54. The van der Waals surface area contributed by atoms with Gasteiger partial charge in [-0.2, -0.15) is 10.2 Å². The summed E-state index contributed by atoms with van der Waals surface area (Å²) in [6, 6.07) is 3.94. The Kier molecular flexibility index (Phi) is 6.42. The first-order valence-corrected chi connectivity index (χ1v) is 12.2. The summed E-state index contributed by atoms with van der Waals surface area (Å²) in [4.78, 5) is 29.2. The highest BCUT2D eigenvalue weighted by atomic mass is 19.4. The van der Waals surface area contributed by atoms with Crippen LogP contribution in [0.25, 0.3) is 0 Å². The van der Waals surface area contributed by atoms with Crippen LogP contribution in [0.1, 0.15) is 43.2 Å². The summed E-state index contributed by atoms with van der Waals surface area (Å²) in [5.74, 6) is -0.109. The van der Waals surface area contributed by atoms with Gasteiger partial charge in [0, 0.05) is 43.9 Å². The molecule has 2 fully saturated rings. The van der Waals surface area contributed by atoms with Crippen molar-refractivity contribution in [3.05, 3.63) is 40.6 Å². The zero-order valence-electron chi connectivity index (χ0n) is 20.1. The Bertz CT molecular complexity index is 1100. The smallest absolute Gasteiger partial charge is 0.445 e. The lowest BCUT2D eigenvalue weighted by atomic mass is 9.71. The summed E-state index contributed by atoms with van der Waals surface area (Å²) < 4.78 is 46.5.